The van der Waals surface area contributed by atoms with Crippen molar-refractivity contribution in [3.63, 3.8) is 0 Å². The number of rotatable bonds is 6. The first kappa shape index (κ1) is 16.3. The molecule has 0 aliphatic carbocycles. The summed E-state index contributed by atoms with van der Waals surface area (Å²) in [5.41, 5.74) is 2.20. The fourth-order valence-corrected chi connectivity index (χ4v) is 2.92. The molecule has 0 saturated heterocycles. The van der Waals surface area contributed by atoms with E-state index in [2.05, 4.69) is 15.5 Å². The van der Waals surface area contributed by atoms with E-state index in [4.69, 9.17) is 4.42 Å². The number of thioether (sulfide) groups is 1. The number of carbonyl (C=O) groups excluding carboxylic acids is 1. The van der Waals surface area contributed by atoms with E-state index in [1.54, 1.807) is 12.3 Å². The number of benzene rings is 1. The summed E-state index contributed by atoms with van der Waals surface area (Å²) in [5, 5.41) is 11.9. The Labute approximate surface area is 144 Å². The molecule has 1 N–H and O–H groups in total. The van der Waals surface area contributed by atoms with Gasteiger partial charge in [0.05, 0.1) is 18.6 Å². The Balaban J connectivity index is 1.58. The van der Waals surface area contributed by atoms with Crippen molar-refractivity contribution in [3.8, 4) is 11.4 Å². The van der Waals surface area contributed by atoms with Crippen molar-refractivity contribution < 1.29 is 9.21 Å². The summed E-state index contributed by atoms with van der Waals surface area (Å²) in [6, 6.07) is 11.7. The van der Waals surface area contributed by atoms with Crippen LogP contribution in [0.4, 0.5) is 0 Å². The summed E-state index contributed by atoms with van der Waals surface area (Å²) in [6.07, 6.45) is 1.59. The van der Waals surface area contributed by atoms with E-state index >= 15 is 0 Å². The van der Waals surface area contributed by atoms with Gasteiger partial charge in [-0.15, -0.1) is 10.2 Å². The Morgan fingerprint density at radius 3 is 2.75 bits per heavy atom. The maximum Gasteiger partial charge on any atom is 0.230 e. The molecule has 7 heteroatoms. The second-order valence-corrected chi connectivity index (χ2v) is 6.32. The maximum absolute atomic E-state index is 11.9. The lowest BCUT2D eigenvalue weighted by Gasteiger charge is -2.05. The average Bonchev–Trinajstić information content (AvgIpc) is 3.22. The molecular weight excluding hydrogens is 324 g/mol. The molecule has 0 bridgehead atoms. The molecule has 3 rings (SSSR count). The van der Waals surface area contributed by atoms with Crippen LogP contribution in [-0.2, 0) is 18.4 Å². The number of aromatic nitrogens is 3. The first-order valence-electron chi connectivity index (χ1n) is 7.52. The lowest BCUT2D eigenvalue weighted by Crippen LogP contribution is -2.24. The van der Waals surface area contributed by atoms with Gasteiger partial charge in [-0.3, -0.25) is 4.79 Å². The molecule has 0 unspecified atom stereocenters. The fraction of sp³-hybridized carbons (Fsp3) is 0.235. The topological polar surface area (TPSA) is 73.0 Å². The number of aryl methyl sites for hydroxylation is 1. The first-order chi connectivity index (χ1) is 11.6. The molecule has 0 aliphatic heterocycles. The van der Waals surface area contributed by atoms with Crippen LogP contribution in [0.5, 0.6) is 0 Å². The molecule has 0 fully saturated rings. The molecule has 2 heterocycles. The van der Waals surface area contributed by atoms with Gasteiger partial charge in [0, 0.05) is 12.6 Å². The summed E-state index contributed by atoms with van der Waals surface area (Å²) >= 11 is 1.36. The third-order valence-electron chi connectivity index (χ3n) is 3.52. The Morgan fingerprint density at radius 2 is 2.04 bits per heavy atom. The zero-order chi connectivity index (χ0) is 16.9. The van der Waals surface area contributed by atoms with E-state index in [9.17, 15) is 4.79 Å². The average molecular weight is 342 g/mol. The number of hydrogen-bond acceptors (Lipinski definition) is 5. The second kappa shape index (κ2) is 7.35. The first-order valence-corrected chi connectivity index (χ1v) is 8.50. The SMILES string of the molecule is Cc1ccc(-c2nnc(SCC(=O)NCc3ccco3)n2C)cc1. The van der Waals surface area contributed by atoms with Crippen LogP contribution in [0.2, 0.25) is 0 Å². The Kier molecular flexibility index (Phi) is 5.00. The number of hydrogen-bond donors (Lipinski definition) is 1. The summed E-state index contributed by atoms with van der Waals surface area (Å²) in [4.78, 5) is 11.9. The minimum Gasteiger partial charge on any atom is -0.467 e. The van der Waals surface area contributed by atoms with Crippen LogP contribution >= 0.6 is 11.8 Å². The maximum atomic E-state index is 11.9. The normalized spacial score (nSPS) is 10.8. The summed E-state index contributed by atoms with van der Waals surface area (Å²) in [6.45, 7) is 2.43. The predicted octanol–water partition coefficient (Wildman–Crippen LogP) is 2.79. The number of amides is 1. The van der Waals surface area contributed by atoms with Gasteiger partial charge in [-0.1, -0.05) is 41.6 Å². The highest BCUT2D eigenvalue weighted by Gasteiger charge is 2.13. The summed E-state index contributed by atoms with van der Waals surface area (Å²) in [5.74, 6) is 1.72. The zero-order valence-electron chi connectivity index (χ0n) is 13.5. The van der Waals surface area contributed by atoms with Crippen LogP contribution in [0, 0.1) is 6.92 Å². The standard InChI is InChI=1S/C17H18N4O2S/c1-12-5-7-13(8-6-12)16-19-20-17(21(16)2)24-11-15(22)18-10-14-4-3-9-23-14/h3-9H,10-11H2,1-2H3,(H,18,22). The van der Waals surface area contributed by atoms with Crippen LogP contribution in [0.15, 0.2) is 52.2 Å². The lowest BCUT2D eigenvalue weighted by molar-refractivity contribution is -0.118. The molecular formula is C17H18N4O2S. The third kappa shape index (κ3) is 3.86. The minimum absolute atomic E-state index is 0.0729. The molecule has 124 valence electrons. The molecule has 1 aromatic carbocycles. The van der Waals surface area contributed by atoms with Crippen molar-refractivity contribution >= 4 is 17.7 Å². The Bertz CT molecular complexity index is 810. The van der Waals surface area contributed by atoms with Crippen LogP contribution in [0.3, 0.4) is 0 Å². The van der Waals surface area contributed by atoms with E-state index in [0.717, 1.165) is 17.1 Å². The number of nitrogens with zero attached hydrogens (tertiary/aromatic N) is 3. The van der Waals surface area contributed by atoms with Gasteiger partial charge in [0.2, 0.25) is 5.91 Å². The van der Waals surface area contributed by atoms with Crippen molar-refractivity contribution in [2.45, 2.75) is 18.6 Å². The molecule has 3 aromatic rings. The van der Waals surface area contributed by atoms with Crippen LogP contribution < -0.4 is 5.32 Å². The summed E-state index contributed by atoms with van der Waals surface area (Å²) < 4.78 is 7.08. The zero-order valence-corrected chi connectivity index (χ0v) is 14.3. The van der Waals surface area contributed by atoms with Crippen molar-refractivity contribution in [3.05, 3.63) is 54.0 Å². The van der Waals surface area contributed by atoms with Gasteiger partial charge in [0.15, 0.2) is 11.0 Å². The largest absolute Gasteiger partial charge is 0.467 e. The van der Waals surface area contributed by atoms with Crippen molar-refractivity contribution in [2.75, 3.05) is 5.75 Å². The highest BCUT2D eigenvalue weighted by atomic mass is 32.2. The van der Waals surface area contributed by atoms with Gasteiger partial charge in [-0.05, 0) is 19.1 Å². The minimum atomic E-state index is -0.0729. The van der Waals surface area contributed by atoms with Crippen molar-refractivity contribution in [1.82, 2.24) is 20.1 Å². The molecule has 6 nitrogen and oxygen atoms in total. The van der Waals surface area contributed by atoms with Gasteiger partial charge in [0.25, 0.3) is 0 Å². The number of nitrogens with one attached hydrogen (secondary N) is 1. The summed E-state index contributed by atoms with van der Waals surface area (Å²) in [7, 11) is 1.90. The Hall–Kier alpha value is -2.54. The van der Waals surface area contributed by atoms with Crippen molar-refractivity contribution in [2.24, 2.45) is 7.05 Å². The van der Waals surface area contributed by atoms with Gasteiger partial charge >= 0.3 is 0 Å². The van der Waals surface area contributed by atoms with Gasteiger partial charge in [-0.2, -0.15) is 0 Å². The monoisotopic (exact) mass is 342 g/mol. The molecule has 0 atom stereocenters. The molecule has 0 radical (unpaired) electrons. The highest BCUT2D eigenvalue weighted by molar-refractivity contribution is 7.99. The van der Waals surface area contributed by atoms with E-state index in [1.807, 2.05) is 48.9 Å². The van der Waals surface area contributed by atoms with Crippen molar-refractivity contribution in [1.29, 1.82) is 0 Å². The highest BCUT2D eigenvalue weighted by Crippen LogP contribution is 2.22. The third-order valence-corrected chi connectivity index (χ3v) is 4.54. The van der Waals surface area contributed by atoms with E-state index < -0.39 is 0 Å². The number of furan rings is 1. The van der Waals surface area contributed by atoms with Gasteiger partial charge < -0.3 is 14.3 Å². The Morgan fingerprint density at radius 1 is 1.25 bits per heavy atom. The molecule has 0 saturated carbocycles. The quantitative estimate of drug-likeness (QED) is 0.697. The second-order valence-electron chi connectivity index (χ2n) is 5.38. The lowest BCUT2D eigenvalue weighted by atomic mass is 10.1. The van der Waals surface area contributed by atoms with Crippen LogP contribution in [0.25, 0.3) is 11.4 Å². The van der Waals surface area contributed by atoms with Gasteiger partial charge in [-0.25, -0.2) is 0 Å². The molecule has 0 aliphatic rings. The van der Waals surface area contributed by atoms with Crippen LogP contribution in [0.1, 0.15) is 11.3 Å². The fourth-order valence-electron chi connectivity index (χ4n) is 2.17. The molecule has 24 heavy (non-hydrogen) atoms. The molecule has 0 spiro atoms. The van der Waals surface area contributed by atoms with E-state index in [-0.39, 0.29) is 11.7 Å². The van der Waals surface area contributed by atoms with Gasteiger partial charge in [0.1, 0.15) is 5.76 Å². The molecule has 1 amide bonds. The number of carbonyl (C=O) groups is 1. The van der Waals surface area contributed by atoms with E-state index in [0.29, 0.717) is 11.7 Å². The van der Waals surface area contributed by atoms with E-state index in [1.165, 1.54) is 17.3 Å². The smallest absolute Gasteiger partial charge is 0.230 e. The van der Waals surface area contributed by atoms with Crippen LogP contribution in [-0.4, -0.2) is 26.4 Å². The predicted molar refractivity (Wildman–Crippen MR) is 92.5 cm³/mol. The molecule has 2 aromatic heterocycles.